The Morgan fingerprint density at radius 1 is 0.676 bits per heavy atom. The van der Waals surface area contributed by atoms with Crippen LogP contribution in [0.3, 0.4) is 0 Å². The lowest BCUT2D eigenvalue weighted by atomic mass is 9.85. The molecular formula is C27H23ClN4O2. The van der Waals surface area contributed by atoms with Gasteiger partial charge >= 0.3 is 0 Å². The van der Waals surface area contributed by atoms with E-state index in [0.717, 1.165) is 16.9 Å². The largest absolute Gasteiger partial charge is 0.295 e. The molecule has 0 atom stereocenters. The summed E-state index contributed by atoms with van der Waals surface area (Å²) in [6.45, 7) is 3.71. The number of para-hydroxylation sites is 2. The van der Waals surface area contributed by atoms with Crippen LogP contribution in [0.1, 0.15) is 34.0 Å². The number of nitrogens with one attached hydrogen (secondary N) is 2. The minimum absolute atomic E-state index is 0.208. The van der Waals surface area contributed by atoms with Crippen LogP contribution in [0.25, 0.3) is 11.4 Å². The molecule has 0 aliphatic heterocycles. The number of aromatic amines is 2. The van der Waals surface area contributed by atoms with Gasteiger partial charge in [-0.2, -0.15) is 0 Å². The van der Waals surface area contributed by atoms with Crippen LogP contribution >= 0.6 is 11.6 Å². The first-order valence-electron chi connectivity index (χ1n) is 10.9. The summed E-state index contributed by atoms with van der Waals surface area (Å²) < 4.78 is 3.03. The molecule has 34 heavy (non-hydrogen) atoms. The van der Waals surface area contributed by atoms with Crippen molar-refractivity contribution in [2.45, 2.75) is 19.8 Å². The number of rotatable bonds is 5. The molecule has 2 heterocycles. The summed E-state index contributed by atoms with van der Waals surface area (Å²) in [5.41, 5.74) is 4.18. The lowest BCUT2D eigenvalue weighted by Gasteiger charge is -2.16. The second-order valence-electron chi connectivity index (χ2n) is 8.24. The molecule has 0 aliphatic rings. The SMILES string of the molecule is Cc1[nH]n(-c2ccccc2)c(=O)c1C(c1cccc(Cl)c1)c1c(C)[nH]n(-c2ccccc2)c1=O. The molecule has 170 valence electrons. The van der Waals surface area contributed by atoms with E-state index in [9.17, 15) is 9.59 Å². The van der Waals surface area contributed by atoms with Crippen LogP contribution in [0, 0.1) is 13.8 Å². The highest BCUT2D eigenvalue weighted by molar-refractivity contribution is 6.30. The van der Waals surface area contributed by atoms with Crippen LogP contribution in [0.15, 0.2) is 94.5 Å². The van der Waals surface area contributed by atoms with E-state index in [4.69, 9.17) is 11.6 Å². The summed E-state index contributed by atoms with van der Waals surface area (Å²) in [5, 5.41) is 6.92. The van der Waals surface area contributed by atoms with Gasteiger partial charge in [0.2, 0.25) is 0 Å². The summed E-state index contributed by atoms with van der Waals surface area (Å²) in [6, 6.07) is 26.1. The number of halogens is 1. The fourth-order valence-electron chi connectivity index (χ4n) is 4.48. The van der Waals surface area contributed by atoms with E-state index in [0.29, 0.717) is 27.5 Å². The van der Waals surface area contributed by atoms with Gasteiger partial charge in [0.25, 0.3) is 11.1 Å². The molecule has 2 aromatic heterocycles. The van der Waals surface area contributed by atoms with Crippen LogP contribution in [-0.2, 0) is 0 Å². The lowest BCUT2D eigenvalue weighted by molar-refractivity contribution is 0.830. The second-order valence-corrected chi connectivity index (χ2v) is 8.68. The van der Waals surface area contributed by atoms with Crippen LogP contribution in [-0.4, -0.2) is 19.6 Å². The molecule has 5 rings (SSSR count). The van der Waals surface area contributed by atoms with Crippen molar-refractivity contribution in [3.63, 3.8) is 0 Å². The third-order valence-corrected chi connectivity index (χ3v) is 6.26. The fourth-order valence-corrected chi connectivity index (χ4v) is 4.68. The number of hydrogen-bond acceptors (Lipinski definition) is 2. The summed E-state index contributed by atoms with van der Waals surface area (Å²) in [5.74, 6) is -0.610. The smallest absolute Gasteiger partial charge is 0.275 e. The molecular weight excluding hydrogens is 448 g/mol. The molecule has 0 fully saturated rings. The van der Waals surface area contributed by atoms with Crippen molar-refractivity contribution in [3.05, 3.63) is 139 Å². The molecule has 0 radical (unpaired) electrons. The highest BCUT2D eigenvalue weighted by atomic mass is 35.5. The molecule has 0 unspecified atom stereocenters. The van der Waals surface area contributed by atoms with Gasteiger partial charge in [-0.1, -0.05) is 60.1 Å². The Morgan fingerprint density at radius 2 is 1.15 bits per heavy atom. The zero-order valence-corrected chi connectivity index (χ0v) is 19.5. The normalized spacial score (nSPS) is 11.3. The minimum Gasteiger partial charge on any atom is -0.295 e. The van der Waals surface area contributed by atoms with Crippen molar-refractivity contribution in [1.29, 1.82) is 0 Å². The van der Waals surface area contributed by atoms with E-state index in [2.05, 4.69) is 10.2 Å². The topological polar surface area (TPSA) is 75.6 Å². The molecule has 5 aromatic rings. The first-order valence-corrected chi connectivity index (χ1v) is 11.3. The standard InChI is InChI=1S/C27H23ClN4O2/c1-17-23(26(33)31(29-17)21-12-5-3-6-13-21)25(19-10-9-11-20(28)16-19)24-18(2)30-32(27(24)34)22-14-7-4-8-15-22/h3-16,25,29-30H,1-2H3. The Bertz CT molecular complexity index is 1480. The van der Waals surface area contributed by atoms with Gasteiger partial charge in [-0.3, -0.25) is 19.8 Å². The highest BCUT2D eigenvalue weighted by Gasteiger charge is 2.30. The van der Waals surface area contributed by atoms with Crippen molar-refractivity contribution < 1.29 is 0 Å². The Labute approximate surface area is 201 Å². The zero-order valence-electron chi connectivity index (χ0n) is 18.7. The Kier molecular flexibility index (Phi) is 5.59. The van der Waals surface area contributed by atoms with Gasteiger partial charge in [0.15, 0.2) is 0 Å². The van der Waals surface area contributed by atoms with Crippen molar-refractivity contribution in [3.8, 4) is 11.4 Å². The maximum atomic E-state index is 13.7. The molecule has 0 bridgehead atoms. The predicted octanol–water partition coefficient (Wildman–Crippen LogP) is 5.10. The van der Waals surface area contributed by atoms with Crippen molar-refractivity contribution in [2.24, 2.45) is 0 Å². The van der Waals surface area contributed by atoms with Crippen LogP contribution < -0.4 is 11.1 Å². The molecule has 0 amide bonds. The molecule has 0 aliphatic carbocycles. The second kappa shape index (κ2) is 8.72. The van der Waals surface area contributed by atoms with Gasteiger partial charge in [-0.15, -0.1) is 0 Å². The van der Waals surface area contributed by atoms with E-state index in [-0.39, 0.29) is 11.1 Å². The summed E-state index contributed by atoms with van der Waals surface area (Å²) in [4.78, 5) is 27.5. The number of aromatic nitrogens is 4. The number of H-pyrrole nitrogens is 2. The molecule has 0 saturated heterocycles. The van der Waals surface area contributed by atoms with Gasteiger partial charge in [-0.05, 0) is 55.8 Å². The summed E-state index contributed by atoms with van der Waals surface area (Å²) in [6.07, 6.45) is 0. The van der Waals surface area contributed by atoms with Gasteiger partial charge in [0.1, 0.15) is 0 Å². The number of nitrogens with zero attached hydrogens (tertiary/aromatic N) is 2. The molecule has 0 spiro atoms. The van der Waals surface area contributed by atoms with Gasteiger partial charge in [0, 0.05) is 22.3 Å². The monoisotopic (exact) mass is 470 g/mol. The minimum atomic E-state index is -0.610. The average Bonchev–Trinajstić information content (AvgIpc) is 3.31. The molecule has 6 nitrogen and oxygen atoms in total. The van der Waals surface area contributed by atoms with E-state index in [1.165, 1.54) is 9.36 Å². The molecule has 7 heteroatoms. The fraction of sp³-hybridized carbons (Fsp3) is 0.111. The van der Waals surface area contributed by atoms with E-state index in [1.807, 2.05) is 92.7 Å². The predicted molar refractivity (Wildman–Crippen MR) is 135 cm³/mol. The highest BCUT2D eigenvalue weighted by Crippen LogP contribution is 2.33. The van der Waals surface area contributed by atoms with Crippen molar-refractivity contribution in [2.75, 3.05) is 0 Å². The maximum absolute atomic E-state index is 13.7. The summed E-state index contributed by atoms with van der Waals surface area (Å²) in [7, 11) is 0. The van der Waals surface area contributed by atoms with Crippen LogP contribution in [0.2, 0.25) is 5.02 Å². The molecule has 0 saturated carbocycles. The van der Waals surface area contributed by atoms with Crippen molar-refractivity contribution >= 4 is 11.6 Å². The first kappa shape index (κ1) is 21.8. The number of benzene rings is 3. The van der Waals surface area contributed by atoms with Gasteiger partial charge < -0.3 is 0 Å². The van der Waals surface area contributed by atoms with E-state index >= 15 is 0 Å². The quantitative estimate of drug-likeness (QED) is 0.375. The van der Waals surface area contributed by atoms with Gasteiger partial charge in [0.05, 0.1) is 22.5 Å². The van der Waals surface area contributed by atoms with Crippen LogP contribution in [0.4, 0.5) is 0 Å². The van der Waals surface area contributed by atoms with Crippen LogP contribution in [0.5, 0.6) is 0 Å². The molecule has 3 aromatic carbocycles. The zero-order chi connectivity index (χ0) is 23.8. The Balaban J connectivity index is 1.78. The third kappa shape index (κ3) is 3.72. The van der Waals surface area contributed by atoms with Crippen molar-refractivity contribution in [1.82, 2.24) is 19.6 Å². The summed E-state index contributed by atoms with van der Waals surface area (Å²) >= 11 is 6.34. The Hall–Kier alpha value is -4.03. The number of hydrogen-bond donors (Lipinski definition) is 2. The molecule has 2 N–H and O–H groups in total. The van der Waals surface area contributed by atoms with E-state index in [1.54, 1.807) is 6.07 Å². The first-order chi connectivity index (χ1) is 16.5. The lowest BCUT2D eigenvalue weighted by Crippen LogP contribution is -2.25. The van der Waals surface area contributed by atoms with E-state index < -0.39 is 5.92 Å². The third-order valence-electron chi connectivity index (χ3n) is 6.02. The average molecular weight is 471 g/mol. The Morgan fingerprint density at radius 3 is 1.59 bits per heavy atom. The maximum Gasteiger partial charge on any atom is 0.275 e. The van der Waals surface area contributed by atoms with Gasteiger partial charge in [-0.25, -0.2) is 9.36 Å². The number of aryl methyl sites for hydroxylation is 2.